The molecule has 0 bridgehead atoms. The molecule has 2 aromatic carbocycles. The van der Waals surface area contributed by atoms with E-state index >= 15 is 0 Å². The van der Waals surface area contributed by atoms with Crippen molar-refractivity contribution in [3.05, 3.63) is 58.7 Å². The van der Waals surface area contributed by atoms with Crippen LogP contribution in [0.2, 0.25) is 0 Å². The molecule has 0 spiro atoms. The maximum absolute atomic E-state index is 12.3. The van der Waals surface area contributed by atoms with Gasteiger partial charge in [0.15, 0.2) is 0 Å². The van der Waals surface area contributed by atoms with Crippen molar-refractivity contribution in [2.75, 3.05) is 0 Å². The number of hydrogen-bond acceptors (Lipinski definition) is 3. The highest BCUT2D eigenvalue weighted by Crippen LogP contribution is 2.25. The van der Waals surface area contributed by atoms with E-state index < -0.39 is 10.1 Å². The average molecular weight is 290 g/mol. The molecule has 0 aliphatic rings. The molecule has 0 saturated carbocycles. The van der Waals surface area contributed by atoms with Crippen LogP contribution in [0.1, 0.15) is 22.3 Å². The van der Waals surface area contributed by atoms with Gasteiger partial charge in [-0.1, -0.05) is 23.8 Å². The predicted octanol–water partition coefficient (Wildman–Crippen LogP) is 3.69. The van der Waals surface area contributed by atoms with Gasteiger partial charge in [0.1, 0.15) is 10.6 Å². The van der Waals surface area contributed by atoms with Crippen LogP contribution in [0, 0.1) is 27.7 Å². The number of benzene rings is 2. The molecule has 0 N–H and O–H groups in total. The van der Waals surface area contributed by atoms with Crippen LogP contribution in [-0.2, 0) is 10.1 Å². The summed E-state index contributed by atoms with van der Waals surface area (Å²) in [5.74, 6) is 0.327. The van der Waals surface area contributed by atoms with Crippen LogP contribution in [0.4, 0.5) is 0 Å². The van der Waals surface area contributed by atoms with Gasteiger partial charge in [0.2, 0.25) is 0 Å². The lowest BCUT2D eigenvalue weighted by atomic mass is 10.1. The largest absolute Gasteiger partial charge is 0.379 e. The Kier molecular flexibility index (Phi) is 3.86. The van der Waals surface area contributed by atoms with Crippen molar-refractivity contribution in [1.82, 2.24) is 0 Å². The van der Waals surface area contributed by atoms with Gasteiger partial charge in [0.05, 0.1) is 0 Å². The molecule has 4 heteroatoms. The topological polar surface area (TPSA) is 43.4 Å². The first-order valence-corrected chi connectivity index (χ1v) is 7.80. The van der Waals surface area contributed by atoms with Crippen molar-refractivity contribution in [2.45, 2.75) is 32.6 Å². The van der Waals surface area contributed by atoms with E-state index in [-0.39, 0.29) is 4.90 Å². The third kappa shape index (κ3) is 2.85. The molecule has 0 unspecified atom stereocenters. The van der Waals surface area contributed by atoms with Crippen LogP contribution in [0.25, 0.3) is 0 Å². The molecule has 0 aliphatic carbocycles. The fourth-order valence-corrected chi connectivity index (χ4v) is 3.18. The summed E-state index contributed by atoms with van der Waals surface area (Å²) in [6.45, 7) is 7.61. The lowest BCUT2D eigenvalue weighted by molar-refractivity contribution is 0.485. The zero-order valence-electron chi connectivity index (χ0n) is 12.1. The van der Waals surface area contributed by atoms with E-state index in [1.807, 2.05) is 32.9 Å². The van der Waals surface area contributed by atoms with Crippen LogP contribution in [-0.4, -0.2) is 8.42 Å². The van der Waals surface area contributed by atoms with E-state index in [2.05, 4.69) is 0 Å². The zero-order valence-corrected chi connectivity index (χ0v) is 12.9. The smallest absolute Gasteiger partial charge is 0.339 e. The monoisotopic (exact) mass is 290 g/mol. The molecular formula is C16H18O3S. The normalized spacial score (nSPS) is 11.4. The summed E-state index contributed by atoms with van der Waals surface area (Å²) in [4.78, 5) is 0.223. The van der Waals surface area contributed by atoms with Gasteiger partial charge in [-0.2, -0.15) is 8.42 Å². The SMILES string of the molecule is Cc1ccc(OS(=O)(=O)c2ccc(C)c(C)c2C)cc1. The maximum atomic E-state index is 12.3. The summed E-state index contributed by atoms with van der Waals surface area (Å²) >= 11 is 0. The van der Waals surface area contributed by atoms with Crippen molar-refractivity contribution in [3.8, 4) is 5.75 Å². The molecule has 0 aliphatic heterocycles. The lowest BCUT2D eigenvalue weighted by Gasteiger charge is -2.12. The summed E-state index contributed by atoms with van der Waals surface area (Å²) in [6.07, 6.45) is 0. The molecule has 106 valence electrons. The molecule has 0 fully saturated rings. The first-order valence-electron chi connectivity index (χ1n) is 6.39. The zero-order chi connectivity index (χ0) is 14.9. The van der Waals surface area contributed by atoms with E-state index in [9.17, 15) is 8.42 Å². The Hall–Kier alpha value is -1.81. The van der Waals surface area contributed by atoms with Gasteiger partial charge in [0.25, 0.3) is 0 Å². The van der Waals surface area contributed by atoms with E-state index in [0.29, 0.717) is 5.75 Å². The Balaban J connectivity index is 2.41. The van der Waals surface area contributed by atoms with Gasteiger partial charge in [0, 0.05) is 0 Å². The number of hydrogen-bond donors (Lipinski definition) is 0. The molecule has 0 radical (unpaired) electrons. The molecule has 3 nitrogen and oxygen atoms in total. The minimum Gasteiger partial charge on any atom is -0.379 e. The minimum atomic E-state index is -3.80. The van der Waals surface area contributed by atoms with Gasteiger partial charge in [-0.25, -0.2) is 0 Å². The van der Waals surface area contributed by atoms with Gasteiger partial charge in [-0.15, -0.1) is 0 Å². The molecule has 0 atom stereocenters. The highest BCUT2D eigenvalue weighted by Gasteiger charge is 2.20. The Labute approximate surface area is 120 Å². The lowest BCUT2D eigenvalue weighted by Crippen LogP contribution is -2.12. The molecule has 2 rings (SSSR count). The van der Waals surface area contributed by atoms with E-state index in [4.69, 9.17) is 4.18 Å². The third-order valence-electron chi connectivity index (χ3n) is 3.50. The van der Waals surface area contributed by atoms with Gasteiger partial charge in [-0.3, -0.25) is 0 Å². The van der Waals surface area contributed by atoms with E-state index in [1.54, 1.807) is 31.2 Å². The van der Waals surface area contributed by atoms with Crippen LogP contribution >= 0.6 is 0 Å². The highest BCUT2D eigenvalue weighted by molar-refractivity contribution is 7.87. The molecule has 0 amide bonds. The summed E-state index contributed by atoms with van der Waals surface area (Å²) < 4.78 is 29.9. The van der Waals surface area contributed by atoms with E-state index in [1.165, 1.54) is 0 Å². The summed E-state index contributed by atoms with van der Waals surface area (Å²) in [6, 6.07) is 10.3. The second kappa shape index (κ2) is 5.29. The molecule has 0 heterocycles. The van der Waals surface area contributed by atoms with Gasteiger partial charge >= 0.3 is 10.1 Å². The average Bonchev–Trinajstić information content (AvgIpc) is 2.38. The van der Waals surface area contributed by atoms with Crippen LogP contribution in [0.5, 0.6) is 5.75 Å². The molecule has 0 aromatic heterocycles. The van der Waals surface area contributed by atoms with Crippen LogP contribution in [0.3, 0.4) is 0 Å². The second-order valence-electron chi connectivity index (χ2n) is 4.98. The van der Waals surface area contributed by atoms with Crippen molar-refractivity contribution in [1.29, 1.82) is 0 Å². The van der Waals surface area contributed by atoms with Crippen LogP contribution in [0.15, 0.2) is 41.3 Å². The first-order chi connectivity index (χ1) is 9.31. The molecule has 20 heavy (non-hydrogen) atoms. The number of aryl methyl sites for hydroxylation is 2. The fraction of sp³-hybridized carbons (Fsp3) is 0.250. The Morgan fingerprint density at radius 1 is 0.800 bits per heavy atom. The number of rotatable bonds is 3. The van der Waals surface area contributed by atoms with Gasteiger partial charge in [-0.05, 0) is 62.6 Å². The highest BCUT2D eigenvalue weighted by atomic mass is 32.2. The van der Waals surface area contributed by atoms with E-state index in [0.717, 1.165) is 22.3 Å². The van der Waals surface area contributed by atoms with Crippen LogP contribution < -0.4 is 4.18 Å². The van der Waals surface area contributed by atoms with Crippen molar-refractivity contribution < 1.29 is 12.6 Å². The summed E-state index contributed by atoms with van der Waals surface area (Å²) in [7, 11) is -3.80. The van der Waals surface area contributed by atoms with Crippen molar-refractivity contribution in [3.63, 3.8) is 0 Å². The fourth-order valence-electron chi connectivity index (χ4n) is 1.97. The first kappa shape index (κ1) is 14.6. The molecule has 0 saturated heterocycles. The standard InChI is InChI=1S/C16H18O3S/c1-11-5-8-15(9-6-11)19-20(17,18)16-10-7-12(2)13(3)14(16)4/h5-10H,1-4H3. The molecular weight excluding hydrogens is 272 g/mol. The summed E-state index contributed by atoms with van der Waals surface area (Å²) in [5, 5.41) is 0. The molecule has 2 aromatic rings. The minimum absolute atomic E-state index is 0.223. The Morgan fingerprint density at radius 3 is 2.00 bits per heavy atom. The Bertz CT molecular complexity index is 729. The quantitative estimate of drug-likeness (QED) is 0.810. The van der Waals surface area contributed by atoms with Gasteiger partial charge < -0.3 is 4.18 Å². The van der Waals surface area contributed by atoms with Crippen molar-refractivity contribution >= 4 is 10.1 Å². The Morgan fingerprint density at radius 2 is 1.40 bits per heavy atom. The third-order valence-corrected chi connectivity index (χ3v) is 4.90. The maximum Gasteiger partial charge on any atom is 0.339 e. The predicted molar refractivity (Wildman–Crippen MR) is 79.6 cm³/mol. The second-order valence-corrected chi connectivity index (χ2v) is 6.50. The summed E-state index contributed by atoms with van der Waals surface area (Å²) in [5.41, 5.74) is 3.82. The van der Waals surface area contributed by atoms with Crippen molar-refractivity contribution in [2.24, 2.45) is 0 Å².